The molecule has 2 amide bonds. The molecule has 3 N–H and O–H groups in total. The van der Waals surface area contributed by atoms with Crippen molar-refractivity contribution in [2.45, 2.75) is 19.3 Å². The quantitative estimate of drug-likeness (QED) is 0.885. The molecule has 2 rings (SSSR count). The number of anilines is 1. The molecular formula is C17H18N2O2. The summed E-state index contributed by atoms with van der Waals surface area (Å²) in [7, 11) is 0. The molecule has 0 radical (unpaired) electrons. The van der Waals surface area contributed by atoms with Crippen molar-refractivity contribution >= 4 is 17.5 Å². The van der Waals surface area contributed by atoms with Crippen LogP contribution in [0.15, 0.2) is 54.6 Å². The molecular weight excluding hydrogens is 264 g/mol. The first-order valence-corrected chi connectivity index (χ1v) is 6.81. The van der Waals surface area contributed by atoms with E-state index in [9.17, 15) is 9.59 Å². The van der Waals surface area contributed by atoms with Gasteiger partial charge in [0.1, 0.15) is 0 Å². The van der Waals surface area contributed by atoms with Crippen LogP contribution in [0, 0.1) is 0 Å². The largest absolute Gasteiger partial charge is 0.366 e. The summed E-state index contributed by atoms with van der Waals surface area (Å²) < 4.78 is 0. The van der Waals surface area contributed by atoms with E-state index in [0.29, 0.717) is 17.7 Å². The zero-order chi connectivity index (χ0) is 15.2. The van der Waals surface area contributed by atoms with Gasteiger partial charge < -0.3 is 11.1 Å². The minimum Gasteiger partial charge on any atom is -0.366 e. The fourth-order valence-electron chi connectivity index (χ4n) is 2.19. The minimum absolute atomic E-state index is 0.104. The van der Waals surface area contributed by atoms with Gasteiger partial charge in [0.05, 0.1) is 11.3 Å². The summed E-state index contributed by atoms with van der Waals surface area (Å²) >= 11 is 0. The lowest BCUT2D eigenvalue weighted by atomic mass is 9.97. The molecule has 0 aliphatic rings. The van der Waals surface area contributed by atoms with Gasteiger partial charge in [-0.15, -0.1) is 0 Å². The maximum Gasteiger partial charge on any atom is 0.250 e. The van der Waals surface area contributed by atoms with Crippen LogP contribution in [0.5, 0.6) is 0 Å². The third-order valence-corrected chi connectivity index (χ3v) is 3.33. The predicted molar refractivity (Wildman–Crippen MR) is 83.1 cm³/mol. The molecule has 21 heavy (non-hydrogen) atoms. The van der Waals surface area contributed by atoms with E-state index >= 15 is 0 Å². The van der Waals surface area contributed by atoms with Crippen LogP contribution in [0.1, 0.15) is 35.2 Å². The van der Waals surface area contributed by atoms with E-state index in [1.165, 1.54) is 0 Å². The Bertz CT molecular complexity index is 638. The van der Waals surface area contributed by atoms with Crippen LogP contribution in [0.4, 0.5) is 5.69 Å². The highest BCUT2D eigenvalue weighted by atomic mass is 16.2. The number of rotatable bonds is 5. The Morgan fingerprint density at radius 3 is 2.33 bits per heavy atom. The molecule has 1 atom stereocenters. The highest BCUT2D eigenvalue weighted by Gasteiger charge is 2.14. The first-order chi connectivity index (χ1) is 10.1. The second kappa shape index (κ2) is 6.70. The number of benzene rings is 2. The number of primary amides is 1. The van der Waals surface area contributed by atoms with E-state index in [0.717, 1.165) is 5.56 Å². The first-order valence-electron chi connectivity index (χ1n) is 6.81. The summed E-state index contributed by atoms with van der Waals surface area (Å²) in [5.74, 6) is -0.589. The predicted octanol–water partition coefficient (Wildman–Crippen LogP) is 2.92. The van der Waals surface area contributed by atoms with Gasteiger partial charge in [0.15, 0.2) is 0 Å². The Hall–Kier alpha value is -2.62. The zero-order valence-electron chi connectivity index (χ0n) is 11.9. The molecule has 2 aromatic carbocycles. The number of para-hydroxylation sites is 1. The smallest absolute Gasteiger partial charge is 0.250 e. The molecule has 4 nitrogen and oxygen atoms in total. The van der Waals surface area contributed by atoms with Gasteiger partial charge in [-0.05, 0) is 23.6 Å². The number of carbonyl (C=O) groups is 2. The molecule has 0 bridgehead atoms. The van der Waals surface area contributed by atoms with Gasteiger partial charge in [-0.25, -0.2) is 0 Å². The standard InChI is InChI=1S/C17H18N2O2/c1-12(13-7-3-2-4-8-13)11-16(20)19-15-10-6-5-9-14(15)17(18)21/h2-10,12H,11H2,1H3,(H2,18,21)(H,19,20)/t12-/m0/s1. The van der Waals surface area contributed by atoms with Crippen LogP contribution in [0.3, 0.4) is 0 Å². The molecule has 0 unspecified atom stereocenters. The number of nitrogens with one attached hydrogen (secondary N) is 1. The summed E-state index contributed by atoms with van der Waals surface area (Å²) in [6, 6.07) is 16.6. The van der Waals surface area contributed by atoms with Crippen molar-refractivity contribution in [1.29, 1.82) is 0 Å². The van der Waals surface area contributed by atoms with Crippen molar-refractivity contribution in [3.63, 3.8) is 0 Å². The van der Waals surface area contributed by atoms with Gasteiger partial charge in [-0.2, -0.15) is 0 Å². The highest BCUT2D eigenvalue weighted by molar-refractivity contribution is 6.03. The Morgan fingerprint density at radius 1 is 1.05 bits per heavy atom. The van der Waals surface area contributed by atoms with Crippen LogP contribution in [0.25, 0.3) is 0 Å². The van der Waals surface area contributed by atoms with Crippen LogP contribution < -0.4 is 11.1 Å². The summed E-state index contributed by atoms with van der Waals surface area (Å²) in [4.78, 5) is 23.4. The molecule has 4 heteroatoms. The third-order valence-electron chi connectivity index (χ3n) is 3.33. The lowest BCUT2D eigenvalue weighted by Gasteiger charge is -2.13. The molecule has 108 valence electrons. The number of nitrogens with two attached hydrogens (primary N) is 1. The van der Waals surface area contributed by atoms with E-state index in [4.69, 9.17) is 5.73 Å². The third kappa shape index (κ3) is 3.92. The van der Waals surface area contributed by atoms with Crippen molar-refractivity contribution in [2.24, 2.45) is 5.73 Å². The Morgan fingerprint density at radius 2 is 1.67 bits per heavy atom. The van der Waals surface area contributed by atoms with Crippen LogP contribution >= 0.6 is 0 Å². The summed E-state index contributed by atoms with van der Waals surface area (Å²) in [6.45, 7) is 1.99. The molecule has 0 aliphatic carbocycles. The Kier molecular flexibility index (Phi) is 4.72. The van der Waals surface area contributed by atoms with Crippen LogP contribution in [-0.4, -0.2) is 11.8 Å². The monoisotopic (exact) mass is 282 g/mol. The summed E-state index contributed by atoms with van der Waals surface area (Å²) in [5.41, 5.74) is 7.17. The van der Waals surface area contributed by atoms with E-state index in [1.807, 2.05) is 37.3 Å². The van der Waals surface area contributed by atoms with Gasteiger partial charge in [-0.3, -0.25) is 9.59 Å². The van der Waals surface area contributed by atoms with Gasteiger partial charge in [-0.1, -0.05) is 49.4 Å². The van der Waals surface area contributed by atoms with Gasteiger partial charge in [0.25, 0.3) is 5.91 Å². The number of carbonyl (C=O) groups excluding carboxylic acids is 2. The molecule has 0 aromatic heterocycles. The molecule has 0 heterocycles. The van der Waals surface area contributed by atoms with Crippen molar-refractivity contribution in [3.05, 3.63) is 65.7 Å². The van der Waals surface area contributed by atoms with E-state index in [2.05, 4.69) is 5.32 Å². The number of hydrogen-bond acceptors (Lipinski definition) is 2. The molecule has 2 aromatic rings. The molecule has 0 fully saturated rings. The molecule has 0 spiro atoms. The van der Waals surface area contributed by atoms with Gasteiger partial charge >= 0.3 is 0 Å². The van der Waals surface area contributed by atoms with Gasteiger partial charge in [0.2, 0.25) is 5.91 Å². The van der Waals surface area contributed by atoms with Crippen LogP contribution in [0.2, 0.25) is 0 Å². The molecule has 0 aliphatic heterocycles. The maximum atomic E-state index is 12.1. The van der Waals surface area contributed by atoms with Crippen molar-refractivity contribution in [3.8, 4) is 0 Å². The van der Waals surface area contributed by atoms with E-state index in [1.54, 1.807) is 24.3 Å². The SMILES string of the molecule is C[C@@H](CC(=O)Nc1ccccc1C(N)=O)c1ccccc1. The fraction of sp³-hybridized carbons (Fsp3) is 0.176. The van der Waals surface area contributed by atoms with E-state index < -0.39 is 5.91 Å². The van der Waals surface area contributed by atoms with Crippen molar-refractivity contribution in [2.75, 3.05) is 5.32 Å². The van der Waals surface area contributed by atoms with E-state index in [-0.39, 0.29) is 11.8 Å². The van der Waals surface area contributed by atoms with Crippen molar-refractivity contribution in [1.82, 2.24) is 0 Å². The normalized spacial score (nSPS) is 11.7. The lowest BCUT2D eigenvalue weighted by molar-refractivity contribution is -0.116. The Labute approximate surface area is 124 Å². The van der Waals surface area contributed by atoms with Crippen molar-refractivity contribution < 1.29 is 9.59 Å². The zero-order valence-corrected chi connectivity index (χ0v) is 11.9. The number of amides is 2. The minimum atomic E-state index is -0.554. The summed E-state index contributed by atoms with van der Waals surface area (Å²) in [5, 5.41) is 2.75. The highest BCUT2D eigenvalue weighted by Crippen LogP contribution is 2.20. The Balaban J connectivity index is 2.04. The number of hydrogen-bond donors (Lipinski definition) is 2. The van der Waals surface area contributed by atoms with Crippen LogP contribution in [-0.2, 0) is 4.79 Å². The molecule has 0 saturated carbocycles. The fourth-order valence-corrected chi connectivity index (χ4v) is 2.19. The first kappa shape index (κ1) is 14.8. The second-order valence-corrected chi connectivity index (χ2v) is 4.97. The maximum absolute atomic E-state index is 12.1. The second-order valence-electron chi connectivity index (χ2n) is 4.97. The summed E-state index contributed by atoms with van der Waals surface area (Å²) in [6.07, 6.45) is 0.344. The lowest BCUT2D eigenvalue weighted by Crippen LogP contribution is -2.19. The topological polar surface area (TPSA) is 72.2 Å². The molecule has 0 saturated heterocycles. The average molecular weight is 282 g/mol. The van der Waals surface area contributed by atoms with Gasteiger partial charge in [0, 0.05) is 6.42 Å². The average Bonchev–Trinajstić information content (AvgIpc) is 2.48.